The van der Waals surface area contributed by atoms with E-state index in [0.29, 0.717) is 24.5 Å². The van der Waals surface area contributed by atoms with Gasteiger partial charge in [-0.25, -0.2) is 4.68 Å². The molecule has 1 N–H and O–H groups in total. The third kappa shape index (κ3) is 4.97. The summed E-state index contributed by atoms with van der Waals surface area (Å²) in [4.78, 5) is 19.1. The Kier molecular flexibility index (Phi) is 6.76. The molecule has 3 aromatic heterocycles. The van der Waals surface area contributed by atoms with Gasteiger partial charge in [-0.2, -0.15) is 0 Å². The summed E-state index contributed by atoms with van der Waals surface area (Å²) in [5, 5.41) is 13.9. The molecule has 37 heavy (non-hydrogen) atoms. The molecule has 190 valence electrons. The maximum absolute atomic E-state index is 13.7. The van der Waals surface area contributed by atoms with Crippen molar-refractivity contribution in [1.82, 2.24) is 30.1 Å². The van der Waals surface area contributed by atoms with Crippen LogP contribution in [0.5, 0.6) is 0 Å². The number of fused-ring (bicyclic) bond motifs is 1. The summed E-state index contributed by atoms with van der Waals surface area (Å²) in [7, 11) is 0. The van der Waals surface area contributed by atoms with Crippen LogP contribution in [0.1, 0.15) is 61.5 Å². The zero-order chi connectivity index (χ0) is 26.0. The second-order valence-corrected chi connectivity index (χ2v) is 10.1. The molecule has 0 saturated heterocycles. The maximum Gasteiger partial charge on any atom is 0.253 e. The van der Waals surface area contributed by atoms with Gasteiger partial charge in [0, 0.05) is 12.1 Å². The average Bonchev–Trinajstić information content (AvgIpc) is 3.59. The van der Waals surface area contributed by atoms with Crippen molar-refractivity contribution in [1.29, 1.82) is 0 Å². The first-order chi connectivity index (χ1) is 17.9. The molecule has 3 heterocycles. The number of benzene rings is 2. The summed E-state index contributed by atoms with van der Waals surface area (Å²) in [6.45, 7) is 9.35. The highest BCUT2D eigenvalue weighted by molar-refractivity contribution is 5.82. The van der Waals surface area contributed by atoms with Crippen LogP contribution < -0.4 is 5.56 Å². The van der Waals surface area contributed by atoms with Crippen LogP contribution >= 0.6 is 0 Å². The van der Waals surface area contributed by atoms with Gasteiger partial charge in [0.1, 0.15) is 11.8 Å². The summed E-state index contributed by atoms with van der Waals surface area (Å²) in [5.74, 6) is 1.41. The second kappa shape index (κ2) is 10.1. The van der Waals surface area contributed by atoms with Crippen LogP contribution in [-0.4, -0.2) is 30.1 Å². The van der Waals surface area contributed by atoms with E-state index in [9.17, 15) is 4.79 Å². The monoisotopic (exact) mass is 496 g/mol. The number of furan rings is 1. The van der Waals surface area contributed by atoms with Gasteiger partial charge in [0.25, 0.3) is 5.56 Å². The van der Waals surface area contributed by atoms with E-state index in [4.69, 9.17) is 4.42 Å². The molecule has 0 bridgehead atoms. The van der Waals surface area contributed by atoms with Crippen molar-refractivity contribution in [2.75, 3.05) is 0 Å². The molecule has 0 unspecified atom stereocenters. The van der Waals surface area contributed by atoms with E-state index in [2.05, 4.69) is 58.3 Å². The van der Waals surface area contributed by atoms with Crippen LogP contribution in [0.25, 0.3) is 10.9 Å². The Hall–Kier alpha value is -4.04. The van der Waals surface area contributed by atoms with Gasteiger partial charge in [-0.1, -0.05) is 55.5 Å². The summed E-state index contributed by atoms with van der Waals surface area (Å²) < 4.78 is 7.61. The predicted octanol–water partition coefficient (Wildman–Crippen LogP) is 5.35. The molecule has 0 aliphatic heterocycles. The molecule has 0 fully saturated rings. The molecule has 2 aromatic carbocycles. The van der Waals surface area contributed by atoms with Crippen LogP contribution in [0.15, 0.2) is 82.2 Å². The van der Waals surface area contributed by atoms with Crippen molar-refractivity contribution in [3.8, 4) is 0 Å². The average molecular weight is 497 g/mol. The van der Waals surface area contributed by atoms with Gasteiger partial charge in [-0.15, -0.1) is 5.10 Å². The maximum atomic E-state index is 13.7. The Labute approximate surface area is 215 Å². The first kappa shape index (κ1) is 24.6. The first-order valence-electron chi connectivity index (χ1n) is 12.6. The van der Waals surface area contributed by atoms with Crippen LogP contribution in [0, 0.1) is 6.92 Å². The highest BCUT2D eigenvalue weighted by Gasteiger charge is 2.35. The number of hydrogen-bond acceptors (Lipinski definition) is 6. The van der Waals surface area contributed by atoms with E-state index in [1.54, 1.807) is 6.26 Å². The summed E-state index contributed by atoms with van der Waals surface area (Å²) in [6, 6.07) is 21.5. The Morgan fingerprint density at radius 3 is 2.59 bits per heavy atom. The molecule has 0 aliphatic carbocycles. The minimum Gasteiger partial charge on any atom is -0.468 e. The van der Waals surface area contributed by atoms with Crippen molar-refractivity contribution in [2.24, 2.45) is 0 Å². The van der Waals surface area contributed by atoms with Crippen molar-refractivity contribution in [3.63, 3.8) is 0 Å². The molecular weight excluding hydrogens is 464 g/mol. The summed E-state index contributed by atoms with van der Waals surface area (Å²) in [5.41, 5.74) is 3.05. The van der Waals surface area contributed by atoms with Crippen LogP contribution in [0.3, 0.4) is 0 Å². The van der Waals surface area contributed by atoms with E-state index >= 15 is 0 Å². The molecule has 1 atom stereocenters. The largest absolute Gasteiger partial charge is 0.468 e. The van der Waals surface area contributed by atoms with E-state index in [-0.39, 0.29) is 11.1 Å². The van der Waals surface area contributed by atoms with Gasteiger partial charge in [0.15, 0.2) is 5.82 Å². The normalized spacial score (nSPS) is 12.9. The summed E-state index contributed by atoms with van der Waals surface area (Å²) >= 11 is 0. The Balaban J connectivity index is 1.74. The lowest BCUT2D eigenvalue weighted by Gasteiger charge is -2.33. The molecule has 0 aliphatic rings. The number of H-pyrrole nitrogens is 1. The topological polar surface area (TPSA) is 92.8 Å². The van der Waals surface area contributed by atoms with Crippen molar-refractivity contribution in [2.45, 2.75) is 58.8 Å². The van der Waals surface area contributed by atoms with Gasteiger partial charge < -0.3 is 9.40 Å². The fourth-order valence-electron chi connectivity index (χ4n) is 4.71. The van der Waals surface area contributed by atoms with Crippen LogP contribution in [-0.2, 0) is 18.6 Å². The summed E-state index contributed by atoms with van der Waals surface area (Å²) in [6.07, 6.45) is 2.49. The number of hydrogen-bond donors (Lipinski definition) is 1. The number of aromatic amines is 1. The number of aryl methyl sites for hydroxylation is 1. The van der Waals surface area contributed by atoms with Crippen molar-refractivity contribution < 1.29 is 4.42 Å². The molecule has 0 radical (unpaired) electrons. The lowest BCUT2D eigenvalue weighted by molar-refractivity contribution is 0.168. The third-order valence-corrected chi connectivity index (χ3v) is 7.12. The zero-order valence-electron chi connectivity index (χ0n) is 21.7. The Bertz CT molecular complexity index is 1540. The number of tetrazole rings is 1. The van der Waals surface area contributed by atoms with E-state index in [1.807, 2.05) is 66.2 Å². The molecule has 5 aromatic rings. The fourth-order valence-corrected chi connectivity index (χ4v) is 4.71. The number of nitrogens with zero attached hydrogens (tertiary/aromatic N) is 5. The molecule has 8 nitrogen and oxygen atoms in total. The fraction of sp³-hybridized carbons (Fsp3) is 0.310. The van der Waals surface area contributed by atoms with Gasteiger partial charge in [-0.3, -0.25) is 9.69 Å². The van der Waals surface area contributed by atoms with Crippen molar-refractivity contribution >= 4 is 10.9 Å². The quantitative estimate of drug-likeness (QED) is 0.296. The minimum atomic E-state index is -0.528. The van der Waals surface area contributed by atoms with E-state index in [0.717, 1.165) is 34.2 Å². The Morgan fingerprint density at radius 1 is 1.05 bits per heavy atom. The first-order valence-corrected chi connectivity index (χ1v) is 12.6. The molecule has 0 saturated carbocycles. The third-order valence-electron chi connectivity index (χ3n) is 7.12. The van der Waals surface area contributed by atoms with Crippen LogP contribution in [0.4, 0.5) is 0 Å². The number of pyridine rings is 1. The van der Waals surface area contributed by atoms with E-state index in [1.165, 1.54) is 0 Å². The SMILES string of the molecule is CCC(C)(C)n1nnnc1[C@H](c1cc2cccc(C)c2[nH]c1=O)N(Cc1ccccc1)Cc1ccco1. The van der Waals surface area contributed by atoms with Gasteiger partial charge in [0.2, 0.25) is 0 Å². The minimum absolute atomic E-state index is 0.159. The molecular formula is C29H32N6O2. The number of nitrogens with one attached hydrogen (secondary N) is 1. The number of para-hydroxylation sites is 1. The van der Waals surface area contributed by atoms with Gasteiger partial charge in [-0.05, 0) is 72.3 Å². The van der Waals surface area contributed by atoms with Crippen molar-refractivity contribution in [3.05, 3.63) is 112 Å². The predicted molar refractivity (Wildman–Crippen MR) is 143 cm³/mol. The van der Waals surface area contributed by atoms with Gasteiger partial charge >= 0.3 is 0 Å². The highest BCUT2D eigenvalue weighted by Crippen LogP contribution is 2.33. The molecule has 5 rings (SSSR count). The Morgan fingerprint density at radius 2 is 1.86 bits per heavy atom. The number of rotatable bonds is 9. The van der Waals surface area contributed by atoms with Crippen LogP contribution in [0.2, 0.25) is 0 Å². The standard InChI is InChI=1S/C29H32N6O2/c1-5-29(3,4)35-27(31-32-33-35)26(24-17-22-14-9-11-20(2)25(22)30-28(24)36)34(19-23-15-10-16-37-23)18-21-12-7-6-8-13-21/h6-17,26H,5,18-19H2,1-4H3,(H,30,36)/t26-/m0/s1. The highest BCUT2D eigenvalue weighted by atomic mass is 16.3. The van der Waals surface area contributed by atoms with E-state index < -0.39 is 6.04 Å². The molecule has 0 amide bonds. The second-order valence-electron chi connectivity index (χ2n) is 10.1. The molecule has 0 spiro atoms. The number of aromatic nitrogens is 5. The zero-order valence-corrected chi connectivity index (χ0v) is 21.7. The lowest BCUT2D eigenvalue weighted by Crippen LogP contribution is -2.38. The smallest absolute Gasteiger partial charge is 0.253 e. The van der Waals surface area contributed by atoms with Gasteiger partial charge in [0.05, 0.1) is 23.9 Å². The molecule has 8 heteroatoms. The lowest BCUT2D eigenvalue weighted by atomic mass is 9.98.